The van der Waals surface area contributed by atoms with Gasteiger partial charge in [-0.25, -0.2) is 0 Å². The van der Waals surface area contributed by atoms with E-state index in [-0.39, 0.29) is 0 Å². The van der Waals surface area contributed by atoms with E-state index in [9.17, 15) is 0 Å². The van der Waals surface area contributed by atoms with Crippen molar-refractivity contribution < 1.29 is 4.42 Å². The van der Waals surface area contributed by atoms with Gasteiger partial charge in [-0.15, -0.1) is 0 Å². The van der Waals surface area contributed by atoms with E-state index in [0.29, 0.717) is 0 Å². The zero-order valence-electron chi connectivity index (χ0n) is 13.6. The maximum atomic E-state index is 5.75. The molecule has 1 saturated heterocycles. The van der Waals surface area contributed by atoms with Gasteiger partial charge in [0.2, 0.25) is 0 Å². The molecule has 0 amide bonds. The van der Waals surface area contributed by atoms with Crippen molar-refractivity contribution in [2.45, 2.75) is 65.1 Å². The number of likely N-dealkylation sites (tertiary alicyclic amines) is 1. The van der Waals surface area contributed by atoms with E-state index in [4.69, 9.17) is 4.42 Å². The first-order chi connectivity index (χ1) is 10.2. The second-order valence-electron chi connectivity index (χ2n) is 7.29. The quantitative estimate of drug-likeness (QED) is 0.864. The summed E-state index contributed by atoms with van der Waals surface area (Å²) >= 11 is 0. The summed E-state index contributed by atoms with van der Waals surface area (Å²) in [6.45, 7) is 9.12. The van der Waals surface area contributed by atoms with Crippen molar-refractivity contribution in [2.75, 3.05) is 13.1 Å². The van der Waals surface area contributed by atoms with Crippen LogP contribution in [0.3, 0.4) is 0 Å². The highest BCUT2D eigenvalue weighted by Crippen LogP contribution is 2.25. The molecule has 1 aliphatic heterocycles. The summed E-state index contributed by atoms with van der Waals surface area (Å²) < 4.78 is 5.75. The van der Waals surface area contributed by atoms with E-state index in [1.807, 2.05) is 6.26 Å². The van der Waals surface area contributed by atoms with Gasteiger partial charge in [0.1, 0.15) is 5.76 Å². The van der Waals surface area contributed by atoms with Gasteiger partial charge < -0.3 is 9.73 Å². The summed E-state index contributed by atoms with van der Waals surface area (Å²) in [5, 5.41) is 3.54. The first-order valence-corrected chi connectivity index (χ1v) is 8.72. The van der Waals surface area contributed by atoms with Crippen LogP contribution in [0.25, 0.3) is 0 Å². The molecule has 0 spiro atoms. The molecule has 0 aromatic carbocycles. The number of hydrogen-bond acceptors (Lipinski definition) is 3. The van der Waals surface area contributed by atoms with Gasteiger partial charge in [-0.3, -0.25) is 4.90 Å². The minimum Gasteiger partial charge on any atom is -0.468 e. The van der Waals surface area contributed by atoms with Gasteiger partial charge in [0, 0.05) is 18.2 Å². The summed E-state index contributed by atoms with van der Waals surface area (Å²) in [4.78, 5) is 2.57. The largest absolute Gasteiger partial charge is 0.468 e. The number of hydrogen-bond donors (Lipinski definition) is 1. The molecule has 1 N–H and O–H groups in total. The van der Waals surface area contributed by atoms with Crippen molar-refractivity contribution in [2.24, 2.45) is 11.8 Å². The molecule has 1 unspecified atom stereocenters. The van der Waals surface area contributed by atoms with Crippen LogP contribution in [0.5, 0.6) is 0 Å². The van der Waals surface area contributed by atoms with Gasteiger partial charge in [0.15, 0.2) is 0 Å². The van der Waals surface area contributed by atoms with Gasteiger partial charge >= 0.3 is 0 Å². The SMILES string of the molecule is CC(C)C1CCCN(Cc2cc(CNC3CC3)co2)CC1. The predicted molar refractivity (Wildman–Crippen MR) is 86.0 cm³/mol. The van der Waals surface area contributed by atoms with E-state index in [0.717, 1.165) is 36.7 Å². The highest BCUT2D eigenvalue weighted by Gasteiger charge is 2.21. The normalized spacial score (nSPS) is 24.4. The molecular formula is C18H30N2O. The van der Waals surface area contributed by atoms with Crippen LogP contribution in [0.15, 0.2) is 16.7 Å². The summed E-state index contributed by atoms with van der Waals surface area (Å²) in [5.41, 5.74) is 1.30. The van der Waals surface area contributed by atoms with Crippen molar-refractivity contribution in [1.29, 1.82) is 0 Å². The van der Waals surface area contributed by atoms with Crippen LogP contribution < -0.4 is 5.32 Å². The standard InChI is InChI=1S/C18H30N2O/c1-14(2)16-4-3-8-20(9-7-16)12-18-10-15(13-21-18)11-19-17-5-6-17/h10,13-14,16-17,19H,3-9,11-12H2,1-2H3. The van der Waals surface area contributed by atoms with E-state index >= 15 is 0 Å². The predicted octanol–water partition coefficient (Wildman–Crippen LogP) is 3.79. The average molecular weight is 290 g/mol. The Hall–Kier alpha value is -0.800. The van der Waals surface area contributed by atoms with Crippen LogP contribution in [0, 0.1) is 11.8 Å². The molecule has 1 atom stereocenters. The van der Waals surface area contributed by atoms with Crippen LogP contribution in [0.2, 0.25) is 0 Å². The molecule has 3 rings (SSSR count). The number of rotatable bonds is 6. The first kappa shape index (κ1) is 15.1. The molecule has 21 heavy (non-hydrogen) atoms. The third-order valence-corrected chi connectivity index (χ3v) is 5.07. The van der Waals surface area contributed by atoms with Gasteiger partial charge in [0.25, 0.3) is 0 Å². The fraction of sp³-hybridized carbons (Fsp3) is 0.778. The summed E-state index contributed by atoms with van der Waals surface area (Å²) in [5.74, 6) is 2.86. The lowest BCUT2D eigenvalue weighted by Crippen LogP contribution is -2.24. The fourth-order valence-corrected chi connectivity index (χ4v) is 3.38. The Kier molecular flexibility index (Phi) is 5.02. The van der Waals surface area contributed by atoms with Gasteiger partial charge in [-0.05, 0) is 63.1 Å². The first-order valence-electron chi connectivity index (χ1n) is 8.72. The van der Waals surface area contributed by atoms with Gasteiger partial charge in [0.05, 0.1) is 12.8 Å². The van der Waals surface area contributed by atoms with Gasteiger partial charge in [-0.2, -0.15) is 0 Å². The highest BCUT2D eigenvalue weighted by molar-refractivity contribution is 5.13. The van der Waals surface area contributed by atoms with Crippen molar-refractivity contribution in [1.82, 2.24) is 10.2 Å². The Labute approximate surface area is 129 Å². The van der Waals surface area contributed by atoms with E-state index in [1.54, 1.807) is 0 Å². The second-order valence-corrected chi connectivity index (χ2v) is 7.29. The minimum absolute atomic E-state index is 0.766. The molecule has 1 aromatic rings. The van der Waals surface area contributed by atoms with E-state index < -0.39 is 0 Å². The molecule has 0 radical (unpaired) electrons. The molecule has 1 aliphatic carbocycles. The number of nitrogens with zero attached hydrogens (tertiary/aromatic N) is 1. The van der Waals surface area contributed by atoms with Crippen molar-refractivity contribution >= 4 is 0 Å². The molecule has 3 heteroatoms. The zero-order valence-corrected chi connectivity index (χ0v) is 13.6. The molecule has 2 aliphatic rings. The molecule has 1 aromatic heterocycles. The molecule has 0 bridgehead atoms. The minimum atomic E-state index is 0.766. The Balaban J connectivity index is 1.46. The van der Waals surface area contributed by atoms with Crippen LogP contribution in [0.4, 0.5) is 0 Å². The van der Waals surface area contributed by atoms with Crippen LogP contribution in [-0.2, 0) is 13.1 Å². The van der Waals surface area contributed by atoms with Gasteiger partial charge in [-0.1, -0.05) is 13.8 Å². The van der Waals surface area contributed by atoms with Crippen molar-refractivity contribution in [3.05, 3.63) is 23.7 Å². The fourth-order valence-electron chi connectivity index (χ4n) is 3.38. The highest BCUT2D eigenvalue weighted by atomic mass is 16.3. The van der Waals surface area contributed by atoms with E-state index in [1.165, 1.54) is 50.8 Å². The number of nitrogens with one attached hydrogen (secondary N) is 1. The third-order valence-electron chi connectivity index (χ3n) is 5.07. The molecule has 118 valence electrons. The monoisotopic (exact) mass is 290 g/mol. The zero-order chi connectivity index (χ0) is 14.7. The Morgan fingerprint density at radius 2 is 2.10 bits per heavy atom. The Bertz CT molecular complexity index is 436. The molecule has 2 heterocycles. The number of furan rings is 1. The van der Waals surface area contributed by atoms with E-state index in [2.05, 4.69) is 30.1 Å². The summed E-state index contributed by atoms with van der Waals surface area (Å²) in [6, 6.07) is 3.00. The van der Waals surface area contributed by atoms with Crippen LogP contribution >= 0.6 is 0 Å². The molecule has 2 fully saturated rings. The lowest BCUT2D eigenvalue weighted by atomic mass is 9.89. The van der Waals surface area contributed by atoms with Crippen LogP contribution in [-0.4, -0.2) is 24.0 Å². The summed E-state index contributed by atoms with van der Waals surface area (Å²) in [7, 11) is 0. The Morgan fingerprint density at radius 1 is 1.24 bits per heavy atom. The van der Waals surface area contributed by atoms with Crippen molar-refractivity contribution in [3.63, 3.8) is 0 Å². The van der Waals surface area contributed by atoms with Crippen molar-refractivity contribution in [3.8, 4) is 0 Å². The third kappa shape index (κ3) is 4.58. The smallest absolute Gasteiger partial charge is 0.118 e. The molecular weight excluding hydrogens is 260 g/mol. The average Bonchev–Trinajstić information content (AvgIpc) is 3.22. The molecule has 1 saturated carbocycles. The maximum Gasteiger partial charge on any atom is 0.118 e. The van der Waals surface area contributed by atoms with Crippen LogP contribution in [0.1, 0.15) is 57.3 Å². The lowest BCUT2D eigenvalue weighted by molar-refractivity contribution is 0.244. The Morgan fingerprint density at radius 3 is 2.86 bits per heavy atom. The maximum absolute atomic E-state index is 5.75. The summed E-state index contributed by atoms with van der Waals surface area (Å²) in [6.07, 6.45) is 8.68. The lowest BCUT2D eigenvalue weighted by Gasteiger charge is -2.20. The molecule has 3 nitrogen and oxygen atoms in total. The topological polar surface area (TPSA) is 28.4 Å². The second kappa shape index (κ2) is 6.97.